The van der Waals surface area contributed by atoms with Gasteiger partial charge in [-0.1, -0.05) is 13.0 Å². The third kappa shape index (κ3) is 3.32. The van der Waals surface area contributed by atoms with E-state index in [1.165, 1.54) is 0 Å². The highest BCUT2D eigenvalue weighted by Crippen LogP contribution is 2.30. The van der Waals surface area contributed by atoms with Gasteiger partial charge in [-0.3, -0.25) is 9.59 Å². The van der Waals surface area contributed by atoms with Crippen LogP contribution >= 0.6 is 0 Å². The molecule has 0 aliphatic heterocycles. The van der Waals surface area contributed by atoms with Gasteiger partial charge >= 0.3 is 0 Å². The molecule has 2 rings (SSSR count). The van der Waals surface area contributed by atoms with Gasteiger partial charge in [-0.05, 0) is 37.5 Å². The first-order valence-corrected chi connectivity index (χ1v) is 6.40. The van der Waals surface area contributed by atoms with Crippen LogP contribution < -0.4 is 10.6 Å². The van der Waals surface area contributed by atoms with Crippen LogP contribution in [0.5, 0.6) is 0 Å². The third-order valence-corrected chi connectivity index (χ3v) is 2.88. The highest BCUT2D eigenvalue weighted by atomic mass is 16.2. The number of hydrogen-bond donors (Lipinski definition) is 2. The molecular weight excluding hydrogens is 228 g/mol. The summed E-state index contributed by atoms with van der Waals surface area (Å²) in [5, 5.41) is 5.65. The van der Waals surface area contributed by atoms with Crippen molar-refractivity contribution in [1.29, 1.82) is 0 Å². The van der Waals surface area contributed by atoms with Crippen LogP contribution in [0.3, 0.4) is 0 Å². The van der Waals surface area contributed by atoms with Crippen molar-refractivity contribution in [1.82, 2.24) is 5.32 Å². The molecule has 2 amide bonds. The molecule has 0 aromatic heterocycles. The number of anilines is 1. The Hall–Kier alpha value is -1.84. The molecule has 4 nitrogen and oxygen atoms in total. The summed E-state index contributed by atoms with van der Waals surface area (Å²) in [6.45, 7) is 2.67. The second kappa shape index (κ2) is 5.67. The van der Waals surface area contributed by atoms with Crippen molar-refractivity contribution in [2.45, 2.75) is 26.2 Å². The van der Waals surface area contributed by atoms with Gasteiger partial charge in [0.2, 0.25) is 5.91 Å². The number of carbonyl (C=O) groups excluding carboxylic acids is 2. The molecule has 1 aromatic rings. The Morgan fingerprint density at radius 1 is 1.33 bits per heavy atom. The number of carbonyl (C=O) groups is 2. The SMILES string of the molecule is CCCNC(=O)c1cccc(NC(=O)C2CC2)c1. The molecule has 0 radical (unpaired) electrons. The molecule has 1 fully saturated rings. The lowest BCUT2D eigenvalue weighted by atomic mass is 10.2. The smallest absolute Gasteiger partial charge is 0.251 e. The van der Waals surface area contributed by atoms with Crippen LogP contribution in [0.4, 0.5) is 5.69 Å². The van der Waals surface area contributed by atoms with Crippen molar-refractivity contribution in [3.05, 3.63) is 29.8 Å². The molecule has 0 unspecified atom stereocenters. The van der Waals surface area contributed by atoms with Gasteiger partial charge in [0, 0.05) is 23.7 Å². The number of nitrogens with one attached hydrogen (secondary N) is 2. The molecule has 0 spiro atoms. The normalized spacial score (nSPS) is 14.1. The maximum absolute atomic E-state index is 11.8. The fourth-order valence-electron chi connectivity index (χ4n) is 1.67. The Balaban J connectivity index is 1.99. The highest BCUT2D eigenvalue weighted by molar-refractivity contribution is 5.98. The topological polar surface area (TPSA) is 58.2 Å². The Labute approximate surface area is 107 Å². The Morgan fingerprint density at radius 3 is 2.78 bits per heavy atom. The molecule has 0 saturated heterocycles. The van der Waals surface area contributed by atoms with E-state index in [0.29, 0.717) is 17.8 Å². The zero-order chi connectivity index (χ0) is 13.0. The summed E-state index contributed by atoms with van der Waals surface area (Å²) in [5.74, 6) is 0.128. The van der Waals surface area contributed by atoms with Gasteiger partial charge in [-0.15, -0.1) is 0 Å². The minimum atomic E-state index is -0.0978. The number of benzene rings is 1. The lowest BCUT2D eigenvalue weighted by molar-refractivity contribution is -0.117. The van der Waals surface area contributed by atoms with Crippen molar-refractivity contribution < 1.29 is 9.59 Å². The minimum absolute atomic E-state index is 0.0566. The van der Waals surface area contributed by atoms with E-state index in [1.54, 1.807) is 24.3 Å². The van der Waals surface area contributed by atoms with Gasteiger partial charge in [-0.2, -0.15) is 0 Å². The molecule has 1 aliphatic rings. The number of hydrogen-bond acceptors (Lipinski definition) is 2. The van der Waals surface area contributed by atoms with E-state index in [1.807, 2.05) is 6.92 Å². The molecule has 2 N–H and O–H groups in total. The predicted molar refractivity (Wildman–Crippen MR) is 70.4 cm³/mol. The van der Waals surface area contributed by atoms with E-state index >= 15 is 0 Å². The fraction of sp³-hybridized carbons (Fsp3) is 0.429. The molecule has 96 valence electrons. The zero-order valence-electron chi connectivity index (χ0n) is 10.5. The molecule has 0 heterocycles. The maximum Gasteiger partial charge on any atom is 0.251 e. The number of amides is 2. The Morgan fingerprint density at radius 2 is 2.11 bits per heavy atom. The molecular formula is C14H18N2O2. The third-order valence-electron chi connectivity index (χ3n) is 2.88. The molecule has 0 atom stereocenters. The number of rotatable bonds is 5. The lowest BCUT2D eigenvalue weighted by Gasteiger charge is -2.07. The summed E-state index contributed by atoms with van der Waals surface area (Å²) in [4.78, 5) is 23.4. The van der Waals surface area contributed by atoms with Gasteiger partial charge in [0.1, 0.15) is 0 Å². The Bertz CT molecular complexity index is 453. The molecule has 0 bridgehead atoms. The minimum Gasteiger partial charge on any atom is -0.352 e. The van der Waals surface area contributed by atoms with Crippen LogP contribution in [0.1, 0.15) is 36.5 Å². The maximum atomic E-state index is 11.8. The van der Waals surface area contributed by atoms with E-state index in [4.69, 9.17) is 0 Å². The fourth-order valence-corrected chi connectivity index (χ4v) is 1.67. The van der Waals surface area contributed by atoms with Gasteiger partial charge in [0.15, 0.2) is 0 Å². The largest absolute Gasteiger partial charge is 0.352 e. The second-order valence-electron chi connectivity index (χ2n) is 4.60. The van der Waals surface area contributed by atoms with Crippen LogP contribution in [0, 0.1) is 5.92 Å². The van der Waals surface area contributed by atoms with Crippen LogP contribution in [0.25, 0.3) is 0 Å². The van der Waals surface area contributed by atoms with Crippen LogP contribution in [0.15, 0.2) is 24.3 Å². The van der Waals surface area contributed by atoms with Crippen LogP contribution in [-0.2, 0) is 4.79 Å². The quantitative estimate of drug-likeness (QED) is 0.836. The molecule has 1 aliphatic carbocycles. The first kappa shape index (κ1) is 12.6. The van der Waals surface area contributed by atoms with Crippen molar-refractivity contribution >= 4 is 17.5 Å². The average molecular weight is 246 g/mol. The standard InChI is InChI=1S/C14H18N2O2/c1-2-8-15-13(17)11-4-3-5-12(9-11)16-14(18)10-6-7-10/h3-5,9-10H,2,6-8H2,1H3,(H,15,17)(H,16,18). The van der Waals surface area contributed by atoms with Crippen LogP contribution in [-0.4, -0.2) is 18.4 Å². The van der Waals surface area contributed by atoms with Crippen molar-refractivity contribution in [2.75, 3.05) is 11.9 Å². The van der Waals surface area contributed by atoms with Gasteiger partial charge in [-0.25, -0.2) is 0 Å². The predicted octanol–water partition coefficient (Wildman–Crippen LogP) is 2.17. The van der Waals surface area contributed by atoms with E-state index < -0.39 is 0 Å². The zero-order valence-corrected chi connectivity index (χ0v) is 10.5. The van der Waals surface area contributed by atoms with Gasteiger partial charge in [0.05, 0.1) is 0 Å². The van der Waals surface area contributed by atoms with Crippen molar-refractivity contribution in [2.24, 2.45) is 5.92 Å². The average Bonchev–Trinajstić information content (AvgIpc) is 3.20. The summed E-state index contributed by atoms with van der Waals surface area (Å²) in [7, 11) is 0. The summed E-state index contributed by atoms with van der Waals surface area (Å²) < 4.78 is 0. The lowest BCUT2D eigenvalue weighted by Crippen LogP contribution is -2.24. The van der Waals surface area contributed by atoms with Gasteiger partial charge in [0.25, 0.3) is 5.91 Å². The van der Waals surface area contributed by atoms with Crippen LogP contribution in [0.2, 0.25) is 0 Å². The van der Waals surface area contributed by atoms with Crippen molar-refractivity contribution in [3.8, 4) is 0 Å². The summed E-state index contributed by atoms with van der Waals surface area (Å²) in [6.07, 6.45) is 2.86. The first-order valence-electron chi connectivity index (χ1n) is 6.40. The van der Waals surface area contributed by atoms with E-state index in [-0.39, 0.29) is 17.7 Å². The summed E-state index contributed by atoms with van der Waals surface area (Å²) in [6, 6.07) is 7.04. The second-order valence-corrected chi connectivity index (χ2v) is 4.60. The van der Waals surface area contributed by atoms with E-state index in [0.717, 1.165) is 19.3 Å². The molecule has 1 saturated carbocycles. The van der Waals surface area contributed by atoms with Crippen molar-refractivity contribution in [3.63, 3.8) is 0 Å². The van der Waals surface area contributed by atoms with E-state index in [2.05, 4.69) is 10.6 Å². The first-order chi connectivity index (χ1) is 8.70. The highest BCUT2D eigenvalue weighted by Gasteiger charge is 2.29. The summed E-state index contributed by atoms with van der Waals surface area (Å²) >= 11 is 0. The molecule has 18 heavy (non-hydrogen) atoms. The molecule has 4 heteroatoms. The Kier molecular flexibility index (Phi) is 3.97. The van der Waals surface area contributed by atoms with E-state index in [9.17, 15) is 9.59 Å². The monoisotopic (exact) mass is 246 g/mol. The molecule has 1 aromatic carbocycles. The summed E-state index contributed by atoms with van der Waals surface area (Å²) in [5.41, 5.74) is 1.27. The van der Waals surface area contributed by atoms with Gasteiger partial charge < -0.3 is 10.6 Å².